The minimum Gasteiger partial charge on any atom is -0.504 e. The summed E-state index contributed by atoms with van der Waals surface area (Å²) in [6, 6.07) is -13.9. The van der Waals surface area contributed by atoms with Gasteiger partial charge in [-0.3, -0.25) is 76.2 Å². The largest absolute Gasteiger partial charge is 0.504 e. The second-order valence-electron chi connectivity index (χ2n) is 32.3. The maximum Gasteiger partial charge on any atom is 0.446 e. The van der Waals surface area contributed by atoms with Crippen LogP contribution in [0.5, 0.6) is 23.0 Å². The zero-order valence-corrected chi connectivity index (χ0v) is 71.7. The van der Waals surface area contributed by atoms with Crippen molar-refractivity contribution in [3.05, 3.63) is 47.5 Å². The third-order valence-corrected chi connectivity index (χ3v) is 23.1. The van der Waals surface area contributed by atoms with Crippen LogP contribution in [0.2, 0.25) is 0 Å². The molecule has 2 aromatic rings. The van der Waals surface area contributed by atoms with Crippen molar-refractivity contribution in [1.82, 2.24) is 67.5 Å². The molecular weight excluding hydrogens is 1740 g/mol. The number of phenols is 2. The summed E-state index contributed by atoms with van der Waals surface area (Å²) in [6.07, 6.45) is -17.1. The number of phenolic OH excluding ortho intramolecular Hbond substituents is 2. The molecule has 0 saturated carbocycles. The molecule has 51 nitrogen and oxygen atoms in total. The van der Waals surface area contributed by atoms with Crippen molar-refractivity contribution in [2.75, 3.05) is 53.6 Å². The number of hydrogen-bond donors (Lipinski definition) is 27. The van der Waals surface area contributed by atoms with Gasteiger partial charge in [0.25, 0.3) is 0 Å². The van der Waals surface area contributed by atoms with Crippen LogP contribution in [0, 0.1) is 35.5 Å². The third-order valence-electron chi connectivity index (χ3n) is 22.3. The number of carbonyl (C=O) groups is 14. The quantitative estimate of drug-likeness (QED) is 0.0581. The molecule has 6 aliphatic rings. The highest BCUT2D eigenvalue weighted by Crippen LogP contribution is 2.34. The summed E-state index contributed by atoms with van der Waals surface area (Å²) < 4.78 is 72.9. The SMILES string of the molecule is CC1CC(N)C(=O)NC(CO)C(=O)N2CC(O)CC2C(=O)NC(C(C)Cc2ccc(O)c(OS(=O)(=O)O)c2)C(=O)NC(C(O)CC(N)=O)C(=O)N2CC(C)C(O)C2C(=O)NC1O.CNC1CC(C)C(O)NC(=O)C2C(O)C(C)CN2C(=O)C(C(O)CC(N)=O)NC(=O)C(C(C)Cc2ccc(O)c(OS(=O)(=O)O)c2)NC(=O)C2CC(O)CN2C(=O)C(CO)NC1=O.CO. The van der Waals surface area contributed by atoms with Crippen molar-refractivity contribution >= 4 is 103 Å². The molecule has 127 heavy (non-hydrogen) atoms. The number of aliphatic hydroxyl groups excluding tert-OH is 11. The van der Waals surface area contributed by atoms with Gasteiger partial charge in [0.05, 0.1) is 74.8 Å². The van der Waals surface area contributed by atoms with E-state index in [0.29, 0.717) is 0 Å². The van der Waals surface area contributed by atoms with Crippen molar-refractivity contribution in [2.24, 2.45) is 52.7 Å². The maximum absolute atomic E-state index is 14.5. The molecular formula is C74H114N16O35S2. The average Bonchev–Trinajstić information content (AvgIpc) is 1.66. The molecule has 8 rings (SSSR count). The number of nitrogens with two attached hydrogens (primary N) is 3. The molecule has 712 valence electrons. The van der Waals surface area contributed by atoms with E-state index < -0.39 is 336 Å². The normalized spacial score (nSPS) is 31.4. The van der Waals surface area contributed by atoms with Crippen LogP contribution in [-0.2, 0) is 101 Å². The predicted molar refractivity (Wildman–Crippen MR) is 430 cm³/mol. The number of likely N-dealkylation sites (N-methyl/N-ethyl adjacent to an activating group) is 1. The maximum atomic E-state index is 14.5. The van der Waals surface area contributed by atoms with Crippen molar-refractivity contribution < 1.29 is 168 Å². The first kappa shape index (κ1) is 105. The van der Waals surface area contributed by atoms with Gasteiger partial charge in [0.15, 0.2) is 23.0 Å². The smallest absolute Gasteiger partial charge is 0.446 e. The Labute approximate surface area is 727 Å². The lowest BCUT2D eigenvalue weighted by atomic mass is 9.92. The Morgan fingerprint density at radius 2 is 0.819 bits per heavy atom. The Morgan fingerprint density at radius 3 is 1.16 bits per heavy atom. The Hall–Kier alpha value is -10.5. The van der Waals surface area contributed by atoms with Gasteiger partial charge in [-0.2, -0.15) is 16.8 Å². The van der Waals surface area contributed by atoms with Crippen molar-refractivity contribution in [2.45, 2.75) is 214 Å². The highest BCUT2D eigenvalue weighted by atomic mass is 32.3. The number of rotatable bonds is 19. The lowest BCUT2D eigenvalue weighted by Crippen LogP contribution is -2.63. The van der Waals surface area contributed by atoms with E-state index >= 15 is 0 Å². The van der Waals surface area contributed by atoms with Gasteiger partial charge in [0, 0.05) is 69.8 Å². The van der Waals surface area contributed by atoms with Gasteiger partial charge in [0.2, 0.25) is 82.7 Å². The fourth-order valence-corrected chi connectivity index (χ4v) is 16.3. The second kappa shape index (κ2) is 45.5. The zero-order valence-electron chi connectivity index (χ0n) is 70.1. The van der Waals surface area contributed by atoms with Crippen LogP contribution in [0.25, 0.3) is 0 Å². The Balaban J connectivity index is 0.000000385. The molecule has 6 saturated heterocycles. The van der Waals surface area contributed by atoms with Crippen LogP contribution < -0.4 is 73.4 Å². The number of amides is 14. The third kappa shape index (κ3) is 27.8. The highest BCUT2D eigenvalue weighted by molar-refractivity contribution is 7.81. The number of nitrogens with zero attached hydrogens (tertiary/aromatic N) is 4. The molecule has 0 aromatic heterocycles. The minimum atomic E-state index is -5.13. The second-order valence-corrected chi connectivity index (χ2v) is 34.3. The number of hydrogen-bond acceptors (Lipinski definition) is 35. The first-order valence-corrected chi connectivity index (χ1v) is 42.7. The van der Waals surface area contributed by atoms with Crippen molar-refractivity contribution in [3.8, 4) is 23.0 Å². The van der Waals surface area contributed by atoms with Crippen LogP contribution in [-0.4, -0.2) is 370 Å². The lowest BCUT2D eigenvalue weighted by Gasteiger charge is -2.34. The number of fused-ring (bicyclic) bond motifs is 4. The van der Waals surface area contributed by atoms with Gasteiger partial charge in [-0.25, -0.2) is 0 Å². The van der Waals surface area contributed by atoms with E-state index in [1.54, 1.807) is 0 Å². The van der Waals surface area contributed by atoms with E-state index in [-0.39, 0.29) is 49.9 Å². The monoisotopic (exact) mass is 1850 g/mol. The Kier molecular flexibility index (Phi) is 37.7. The molecule has 30 N–H and O–H groups in total. The summed E-state index contributed by atoms with van der Waals surface area (Å²) in [5.41, 5.74) is 17.0. The van der Waals surface area contributed by atoms with Gasteiger partial charge in [-0.15, -0.1) is 0 Å². The van der Waals surface area contributed by atoms with Crippen LogP contribution >= 0.6 is 0 Å². The van der Waals surface area contributed by atoms with Gasteiger partial charge in [0.1, 0.15) is 72.9 Å². The van der Waals surface area contributed by atoms with E-state index in [4.69, 9.17) is 22.3 Å². The topological polar surface area (TPSA) is 828 Å². The summed E-state index contributed by atoms with van der Waals surface area (Å²) in [5, 5.41) is 157. The highest BCUT2D eigenvalue weighted by Gasteiger charge is 2.53. The summed E-state index contributed by atoms with van der Waals surface area (Å²) in [5.74, 6) is -24.0. The number of nitrogens with one attached hydrogen (secondary N) is 9. The van der Waals surface area contributed by atoms with Gasteiger partial charge in [-0.05, 0) is 80.0 Å². The van der Waals surface area contributed by atoms with Gasteiger partial charge < -0.3 is 159 Å². The Morgan fingerprint density at radius 1 is 0.472 bits per heavy atom. The molecule has 6 fully saturated rings. The lowest BCUT2D eigenvalue weighted by molar-refractivity contribution is -0.148. The summed E-state index contributed by atoms with van der Waals surface area (Å²) in [7, 11) is -7.87. The zero-order chi connectivity index (χ0) is 95.8. The molecule has 6 heterocycles. The fraction of sp³-hybridized carbons (Fsp3) is 0.649. The molecule has 26 atom stereocenters. The van der Waals surface area contributed by atoms with Crippen LogP contribution in [0.1, 0.15) is 91.2 Å². The predicted octanol–water partition coefficient (Wildman–Crippen LogP) is -13.3. The molecule has 6 aliphatic heterocycles. The standard InChI is InChI=1S/C37H56N8O17S.C36H54N8O17S.CH4O/c1-15(7-18-5-6-23(48)25(9-18)62-63(59,60)61)27-34(55)42-28(24(49)11-26(38)50)37(58)45-12-17(3)30(51)29(45)35(56)43-31(52)16(2)8-20(39-4)32(53)40-21(14-46)36(57)44-13-19(47)10-22(44)33(54)41-27;1-14(6-17-4-5-22(47)24(8-17)61-62(58,59)60)26-33(54)41-27(23(48)10-25(38)49)36(57)44-11-16(3)29(50)28(44)34(55)42-30(51)15(2)7-19(37)31(52)39-20(13-45)35(56)43-12-18(46)9-21(43)32(53)40-26;1-2/h5-6,9,15-17,19-22,24,27-31,39,46-49,51-52H,7-8,10-14H2,1-4H3,(H2,38,50)(H,40,53)(H,41,54)(H,42,55)(H,43,56)(H,59,60,61);4-5,8,14-16,18-21,23,26-30,45-48,50-51H,6-7,9-13,37H2,1-3H3,(H2,38,49)(H,39,52)(H,40,53)(H,41,54)(H,42,55)(H,58,59,60);2H,1H3. The first-order valence-electron chi connectivity index (χ1n) is 39.9. The number of benzene rings is 2. The van der Waals surface area contributed by atoms with Crippen LogP contribution in [0.3, 0.4) is 0 Å². The number of primary amides is 2. The number of aromatic hydroxyl groups is 2. The first-order chi connectivity index (χ1) is 59.2. The molecule has 26 unspecified atom stereocenters. The van der Waals surface area contributed by atoms with Gasteiger partial charge in [-0.1, -0.05) is 53.7 Å². The van der Waals surface area contributed by atoms with Crippen molar-refractivity contribution in [1.29, 1.82) is 0 Å². The van der Waals surface area contributed by atoms with Crippen LogP contribution in [0.4, 0.5) is 0 Å². The molecule has 0 aliphatic carbocycles. The van der Waals surface area contributed by atoms with E-state index in [1.807, 2.05) is 0 Å². The molecule has 0 spiro atoms. The van der Waals surface area contributed by atoms with E-state index in [2.05, 4.69) is 56.2 Å². The van der Waals surface area contributed by atoms with E-state index in [9.17, 15) is 154 Å². The number of carbonyl (C=O) groups excluding carboxylic acids is 14. The van der Waals surface area contributed by atoms with Crippen molar-refractivity contribution in [3.63, 3.8) is 0 Å². The van der Waals surface area contributed by atoms with Crippen LogP contribution in [0.15, 0.2) is 36.4 Å². The minimum absolute atomic E-state index is 0.137. The Bertz CT molecular complexity index is 4560. The van der Waals surface area contributed by atoms with Gasteiger partial charge >= 0.3 is 20.8 Å². The molecule has 14 amide bonds. The molecule has 0 radical (unpaired) electrons. The summed E-state index contributed by atoms with van der Waals surface area (Å²) >= 11 is 0. The molecule has 2 aromatic carbocycles. The fourth-order valence-electron chi connectivity index (χ4n) is 15.6. The molecule has 0 bridgehead atoms. The average molecular weight is 1850 g/mol. The van der Waals surface area contributed by atoms with E-state index in [0.717, 1.165) is 51.0 Å². The van der Waals surface area contributed by atoms with E-state index in [1.165, 1.54) is 60.7 Å². The number of aliphatic hydroxyl groups is 11. The summed E-state index contributed by atoms with van der Waals surface area (Å²) in [4.78, 5) is 195. The summed E-state index contributed by atoms with van der Waals surface area (Å²) in [6.45, 7) is 4.97. The molecule has 53 heteroatoms.